The number of hydrogen-bond donors (Lipinski definition) is 1. The van der Waals surface area contributed by atoms with Gasteiger partial charge < -0.3 is 10.1 Å². The molecule has 1 aromatic heterocycles. The molecule has 198 valence electrons. The highest BCUT2D eigenvalue weighted by atomic mass is 32.2. The van der Waals surface area contributed by atoms with Crippen LogP contribution in [0.15, 0.2) is 83.9 Å². The number of carbonyl (C=O) groups excluding carboxylic acids is 1. The number of thioether (sulfide) groups is 1. The van der Waals surface area contributed by atoms with Crippen molar-refractivity contribution in [2.75, 3.05) is 11.1 Å². The van der Waals surface area contributed by atoms with Gasteiger partial charge in [-0.1, -0.05) is 36.0 Å². The van der Waals surface area contributed by atoms with Crippen molar-refractivity contribution < 1.29 is 27.1 Å². The van der Waals surface area contributed by atoms with E-state index in [1.165, 1.54) is 12.1 Å². The monoisotopic (exact) mass is 551 g/mol. The summed E-state index contributed by atoms with van der Waals surface area (Å²) in [5.41, 5.74) is 0.825. The summed E-state index contributed by atoms with van der Waals surface area (Å²) in [5.74, 6) is -0.597. The second-order valence-electron chi connectivity index (χ2n) is 8.49. The van der Waals surface area contributed by atoms with Gasteiger partial charge in [-0.15, -0.1) is 0 Å². The zero-order valence-corrected chi connectivity index (χ0v) is 21.4. The van der Waals surface area contributed by atoms with Crippen molar-refractivity contribution in [1.82, 2.24) is 4.98 Å². The fourth-order valence-corrected chi connectivity index (χ4v) is 4.43. The summed E-state index contributed by atoms with van der Waals surface area (Å²) in [6.07, 6.45) is -4.81. The third-order valence-electron chi connectivity index (χ3n) is 5.51. The van der Waals surface area contributed by atoms with Crippen molar-refractivity contribution in [2.45, 2.75) is 24.7 Å². The van der Waals surface area contributed by atoms with Gasteiger partial charge >= 0.3 is 6.18 Å². The van der Waals surface area contributed by atoms with Crippen LogP contribution < -0.4 is 10.1 Å². The fraction of sp³-hybridized carbons (Fsp3) is 0.138. The number of aromatic nitrogens is 1. The van der Waals surface area contributed by atoms with Crippen LogP contribution in [0, 0.1) is 24.1 Å². The molecule has 0 bridgehead atoms. The molecule has 0 saturated carbocycles. The van der Waals surface area contributed by atoms with Crippen molar-refractivity contribution in [3.05, 3.63) is 107 Å². The first-order valence-electron chi connectivity index (χ1n) is 11.6. The molecule has 0 aliphatic heterocycles. The number of halogens is 4. The number of aryl methyl sites for hydroxylation is 1. The molecule has 4 rings (SSSR count). The van der Waals surface area contributed by atoms with Crippen molar-refractivity contribution in [3.8, 4) is 23.1 Å². The summed E-state index contributed by atoms with van der Waals surface area (Å²) in [6, 6.07) is 21.6. The molecular formula is C29H21F4N3O2S. The molecule has 0 aliphatic carbocycles. The van der Waals surface area contributed by atoms with E-state index in [1.807, 2.05) is 13.0 Å². The molecule has 0 atom stereocenters. The molecule has 1 amide bonds. The van der Waals surface area contributed by atoms with Gasteiger partial charge in [-0.05, 0) is 72.6 Å². The van der Waals surface area contributed by atoms with Crippen LogP contribution in [0.3, 0.4) is 0 Å². The van der Waals surface area contributed by atoms with Gasteiger partial charge in [0.25, 0.3) is 0 Å². The van der Waals surface area contributed by atoms with Crippen molar-refractivity contribution >= 4 is 23.4 Å². The molecule has 1 heterocycles. The maximum atomic E-state index is 13.9. The normalized spacial score (nSPS) is 11.1. The van der Waals surface area contributed by atoms with Crippen LogP contribution in [-0.4, -0.2) is 16.6 Å². The maximum Gasteiger partial charge on any atom is 0.417 e. The smallest absolute Gasteiger partial charge is 0.417 e. The Morgan fingerprint density at radius 2 is 1.77 bits per heavy atom. The van der Waals surface area contributed by atoms with Crippen LogP contribution in [0.25, 0.3) is 11.3 Å². The quantitative estimate of drug-likeness (QED) is 0.183. The van der Waals surface area contributed by atoms with E-state index in [4.69, 9.17) is 4.74 Å². The van der Waals surface area contributed by atoms with Crippen LogP contribution in [-0.2, 0) is 17.6 Å². The highest BCUT2D eigenvalue weighted by Gasteiger charge is 2.36. The first-order valence-corrected chi connectivity index (χ1v) is 12.6. The summed E-state index contributed by atoms with van der Waals surface area (Å²) < 4.78 is 60.4. The molecule has 0 radical (unpaired) electrons. The van der Waals surface area contributed by atoms with Crippen molar-refractivity contribution in [2.24, 2.45) is 0 Å². The van der Waals surface area contributed by atoms with Crippen LogP contribution in [0.5, 0.6) is 5.75 Å². The van der Waals surface area contributed by atoms with E-state index >= 15 is 0 Å². The molecule has 4 aromatic rings. The van der Waals surface area contributed by atoms with Gasteiger partial charge in [0, 0.05) is 11.3 Å². The number of rotatable bonds is 8. The largest absolute Gasteiger partial charge is 0.489 e. The van der Waals surface area contributed by atoms with E-state index in [-0.39, 0.29) is 28.9 Å². The summed E-state index contributed by atoms with van der Waals surface area (Å²) in [6.45, 7) is 2.04. The number of anilines is 1. The summed E-state index contributed by atoms with van der Waals surface area (Å²) in [4.78, 5) is 16.8. The Morgan fingerprint density at radius 3 is 2.41 bits per heavy atom. The molecule has 0 fully saturated rings. The minimum absolute atomic E-state index is 0.00648. The van der Waals surface area contributed by atoms with Crippen molar-refractivity contribution in [3.63, 3.8) is 0 Å². The summed E-state index contributed by atoms with van der Waals surface area (Å²) in [7, 11) is 0. The van der Waals surface area contributed by atoms with Gasteiger partial charge in [-0.2, -0.15) is 18.4 Å². The van der Waals surface area contributed by atoms with E-state index in [9.17, 15) is 27.6 Å². The highest BCUT2D eigenvalue weighted by molar-refractivity contribution is 8.00. The van der Waals surface area contributed by atoms with E-state index in [1.54, 1.807) is 60.7 Å². The fourth-order valence-electron chi connectivity index (χ4n) is 3.63. The second kappa shape index (κ2) is 12.0. The predicted octanol–water partition coefficient (Wildman–Crippen LogP) is 7.40. The Kier molecular flexibility index (Phi) is 8.52. The third-order valence-corrected chi connectivity index (χ3v) is 6.49. The van der Waals surface area contributed by atoms with Gasteiger partial charge in [0.2, 0.25) is 5.91 Å². The van der Waals surface area contributed by atoms with E-state index < -0.39 is 23.2 Å². The van der Waals surface area contributed by atoms with Crippen LogP contribution in [0.4, 0.5) is 23.2 Å². The molecule has 0 saturated heterocycles. The van der Waals surface area contributed by atoms with Crippen LogP contribution >= 0.6 is 11.8 Å². The highest BCUT2D eigenvalue weighted by Crippen LogP contribution is 2.38. The number of hydrogen-bond acceptors (Lipinski definition) is 5. The Labute approximate surface area is 226 Å². The molecule has 0 aliphatic rings. The standard InChI is InChI=1S/C29H21F4N3O2S/c1-18-3-2-4-22(13-18)35-27(37)17-39-28-24(15-34)25(29(31,32)33)14-26(36-28)20-7-11-23(12-8-20)38-16-19-5-9-21(30)10-6-19/h2-14H,16-17H2,1H3,(H,35,37). The number of ether oxygens (including phenoxy) is 1. The number of carbonyl (C=O) groups is 1. The number of pyridine rings is 1. The number of amides is 1. The van der Waals surface area contributed by atoms with Gasteiger partial charge in [0.1, 0.15) is 29.3 Å². The number of alkyl halides is 3. The number of nitrogens with zero attached hydrogens (tertiary/aromatic N) is 2. The first kappa shape index (κ1) is 27.7. The second-order valence-corrected chi connectivity index (χ2v) is 9.45. The molecule has 39 heavy (non-hydrogen) atoms. The van der Waals surface area contributed by atoms with E-state index in [0.29, 0.717) is 17.0 Å². The maximum absolute atomic E-state index is 13.9. The molecule has 0 spiro atoms. The van der Waals surface area contributed by atoms with Gasteiger partial charge in [0.05, 0.1) is 22.6 Å². The van der Waals surface area contributed by atoms with Crippen LogP contribution in [0.2, 0.25) is 0 Å². The minimum atomic E-state index is -4.81. The number of benzene rings is 3. The molecule has 10 heteroatoms. The lowest BCUT2D eigenvalue weighted by Crippen LogP contribution is -2.15. The Bertz CT molecular complexity index is 1520. The lowest BCUT2D eigenvalue weighted by molar-refractivity contribution is -0.138. The topological polar surface area (TPSA) is 75.0 Å². The zero-order chi connectivity index (χ0) is 28.0. The average molecular weight is 552 g/mol. The lowest BCUT2D eigenvalue weighted by atomic mass is 10.1. The van der Waals surface area contributed by atoms with Gasteiger partial charge in [0.15, 0.2) is 0 Å². The Morgan fingerprint density at radius 1 is 1.05 bits per heavy atom. The Balaban J connectivity index is 1.55. The number of nitriles is 1. The SMILES string of the molecule is Cc1cccc(NC(=O)CSc2nc(-c3ccc(OCc4ccc(F)cc4)cc3)cc(C(F)(F)F)c2C#N)c1. The van der Waals surface area contributed by atoms with E-state index in [2.05, 4.69) is 10.3 Å². The molecular weight excluding hydrogens is 530 g/mol. The minimum Gasteiger partial charge on any atom is -0.489 e. The lowest BCUT2D eigenvalue weighted by Gasteiger charge is -2.14. The van der Waals surface area contributed by atoms with Gasteiger partial charge in [-0.25, -0.2) is 9.37 Å². The van der Waals surface area contributed by atoms with E-state index in [0.717, 1.165) is 29.0 Å². The molecule has 5 nitrogen and oxygen atoms in total. The predicted molar refractivity (Wildman–Crippen MR) is 141 cm³/mol. The third kappa shape index (κ3) is 7.36. The van der Waals surface area contributed by atoms with Crippen LogP contribution in [0.1, 0.15) is 22.3 Å². The zero-order valence-electron chi connectivity index (χ0n) is 20.6. The van der Waals surface area contributed by atoms with Gasteiger partial charge in [-0.3, -0.25) is 4.79 Å². The average Bonchev–Trinajstić information content (AvgIpc) is 2.91. The molecule has 1 N–H and O–H groups in total. The summed E-state index contributed by atoms with van der Waals surface area (Å²) in [5, 5.41) is 12.0. The van der Waals surface area contributed by atoms with Crippen molar-refractivity contribution in [1.29, 1.82) is 5.26 Å². The first-order chi connectivity index (χ1) is 18.6. The summed E-state index contributed by atoms with van der Waals surface area (Å²) >= 11 is 0.755. The molecule has 3 aromatic carbocycles. The Hall–Kier alpha value is -4.36. The number of nitrogens with one attached hydrogen (secondary N) is 1. The molecule has 0 unspecified atom stereocenters.